The van der Waals surface area contributed by atoms with Gasteiger partial charge in [-0.3, -0.25) is 0 Å². The number of hydrogen-bond acceptors (Lipinski definition) is 6. The lowest BCUT2D eigenvalue weighted by molar-refractivity contribution is 0.153. The van der Waals surface area contributed by atoms with Crippen LogP contribution in [0.3, 0.4) is 0 Å². The lowest BCUT2D eigenvalue weighted by atomic mass is 10.1. The van der Waals surface area contributed by atoms with Crippen LogP contribution >= 0.6 is 0 Å². The Morgan fingerprint density at radius 3 is 2.61 bits per heavy atom. The van der Waals surface area contributed by atoms with Gasteiger partial charge in [-0.1, -0.05) is 0 Å². The Hall–Kier alpha value is -2.60. The number of aromatic nitrogens is 2. The summed E-state index contributed by atoms with van der Waals surface area (Å²) >= 11 is 0. The average Bonchev–Trinajstić information content (AvgIpc) is 3.28. The van der Waals surface area contributed by atoms with Crippen molar-refractivity contribution < 1.29 is 13.9 Å². The molecule has 6 heteroatoms. The van der Waals surface area contributed by atoms with Gasteiger partial charge in [0.05, 0.1) is 24.2 Å². The van der Waals surface area contributed by atoms with Crippen LogP contribution in [0.5, 0.6) is 0 Å². The van der Waals surface area contributed by atoms with Gasteiger partial charge in [0.25, 0.3) is 0 Å². The summed E-state index contributed by atoms with van der Waals surface area (Å²) in [6.07, 6.45) is 6.42. The standard InChI is InChI=1S/C17H17N3O3/c21-12-4-1-7-20(11-12)17-18-10-13(14-5-2-8-22-14)16(19-17)15-6-3-9-23-15/h2-3,5-6,8-10,12,21H,1,4,7,11H2/t12-/m1/s1. The summed E-state index contributed by atoms with van der Waals surface area (Å²) in [7, 11) is 0. The smallest absolute Gasteiger partial charge is 0.226 e. The molecule has 1 aliphatic heterocycles. The van der Waals surface area contributed by atoms with Gasteiger partial charge in [0.1, 0.15) is 11.5 Å². The molecule has 4 rings (SSSR count). The molecule has 3 aromatic rings. The SMILES string of the molecule is O[C@@H]1CCCN(c2ncc(-c3ccco3)c(-c3ccco3)n2)C1. The molecule has 23 heavy (non-hydrogen) atoms. The van der Waals surface area contributed by atoms with Crippen molar-refractivity contribution in [1.29, 1.82) is 0 Å². The van der Waals surface area contributed by atoms with Crippen LogP contribution in [0.4, 0.5) is 5.95 Å². The summed E-state index contributed by atoms with van der Waals surface area (Å²) in [6.45, 7) is 1.40. The van der Waals surface area contributed by atoms with Crippen molar-refractivity contribution in [3.63, 3.8) is 0 Å². The predicted octanol–water partition coefficient (Wildman–Crippen LogP) is 2.96. The molecule has 1 atom stereocenters. The molecule has 0 spiro atoms. The maximum absolute atomic E-state index is 9.87. The fourth-order valence-corrected chi connectivity index (χ4v) is 2.87. The van der Waals surface area contributed by atoms with E-state index in [4.69, 9.17) is 8.83 Å². The number of hydrogen-bond donors (Lipinski definition) is 1. The molecule has 0 aromatic carbocycles. The first-order valence-electron chi connectivity index (χ1n) is 7.69. The zero-order chi connectivity index (χ0) is 15.6. The summed E-state index contributed by atoms with van der Waals surface area (Å²) in [4.78, 5) is 11.2. The topological polar surface area (TPSA) is 75.5 Å². The molecule has 0 radical (unpaired) electrons. The Bertz CT molecular complexity index is 768. The van der Waals surface area contributed by atoms with E-state index >= 15 is 0 Å². The highest BCUT2D eigenvalue weighted by molar-refractivity contribution is 5.75. The van der Waals surface area contributed by atoms with Gasteiger partial charge in [-0.25, -0.2) is 9.97 Å². The van der Waals surface area contributed by atoms with Crippen LogP contribution in [0.15, 0.2) is 51.8 Å². The number of rotatable bonds is 3. The van der Waals surface area contributed by atoms with Gasteiger partial charge in [-0.15, -0.1) is 0 Å². The van der Waals surface area contributed by atoms with E-state index in [-0.39, 0.29) is 6.10 Å². The van der Waals surface area contributed by atoms with Gasteiger partial charge >= 0.3 is 0 Å². The molecule has 6 nitrogen and oxygen atoms in total. The third-order valence-electron chi connectivity index (χ3n) is 4.00. The quantitative estimate of drug-likeness (QED) is 0.801. The predicted molar refractivity (Wildman–Crippen MR) is 84.9 cm³/mol. The second-order valence-corrected chi connectivity index (χ2v) is 5.63. The molecule has 0 aliphatic carbocycles. The number of aliphatic hydroxyl groups excluding tert-OH is 1. The van der Waals surface area contributed by atoms with Crippen LogP contribution in [-0.4, -0.2) is 34.3 Å². The van der Waals surface area contributed by atoms with Crippen LogP contribution in [0.1, 0.15) is 12.8 Å². The lowest BCUT2D eigenvalue weighted by Crippen LogP contribution is -2.39. The first kappa shape index (κ1) is 14.0. The minimum absolute atomic E-state index is 0.329. The van der Waals surface area contributed by atoms with E-state index in [0.717, 1.165) is 24.9 Å². The number of anilines is 1. The fraction of sp³-hybridized carbons (Fsp3) is 0.294. The van der Waals surface area contributed by atoms with E-state index < -0.39 is 0 Å². The molecule has 1 fully saturated rings. The van der Waals surface area contributed by atoms with Crippen LogP contribution < -0.4 is 4.90 Å². The summed E-state index contributed by atoms with van der Waals surface area (Å²) in [6, 6.07) is 7.39. The molecule has 4 heterocycles. The molecule has 118 valence electrons. The molecule has 1 aliphatic rings. The van der Waals surface area contributed by atoms with Crippen molar-refractivity contribution in [1.82, 2.24) is 9.97 Å². The van der Waals surface area contributed by atoms with Crippen molar-refractivity contribution in [3.8, 4) is 22.8 Å². The van der Waals surface area contributed by atoms with E-state index in [0.29, 0.717) is 29.7 Å². The summed E-state index contributed by atoms with van der Waals surface area (Å²) in [5, 5.41) is 9.87. The Morgan fingerprint density at radius 1 is 1.13 bits per heavy atom. The highest BCUT2D eigenvalue weighted by Gasteiger charge is 2.22. The Balaban J connectivity index is 1.77. The van der Waals surface area contributed by atoms with Gasteiger partial charge in [-0.05, 0) is 37.1 Å². The van der Waals surface area contributed by atoms with Crippen LogP contribution in [0.2, 0.25) is 0 Å². The normalized spacial score (nSPS) is 18.3. The van der Waals surface area contributed by atoms with Crippen molar-refractivity contribution in [2.24, 2.45) is 0 Å². The minimum atomic E-state index is -0.329. The van der Waals surface area contributed by atoms with Crippen LogP contribution in [0.25, 0.3) is 22.8 Å². The van der Waals surface area contributed by atoms with E-state index in [2.05, 4.69) is 9.97 Å². The molecule has 1 saturated heterocycles. The molecule has 1 N–H and O–H groups in total. The highest BCUT2D eigenvalue weighted by Crippen LogP contribution is 2.32. The third-order valence-corrected chi connectivity index (χ3v) is 4.00. The van der Waals surface area contributed by atoms with Crippen molar-refractivity contribution in [3.05, 3.63) is 43.0 Å². The maximum atomic E-state index is 9.87. The fourth-order valence-electron chi connectivity index (χ4n) is 2.87. The van der Waals surface area contributed by atoms with Crippen LogP contribution in [0, 0.1) is 0 Å². The zero-order valence-corrected chi connectivity index (χ0v) is 12.6. The van der Waals surface area contributed by atoms with Crippen molar-refractivity contribution in [2.75, 3.05) is 18.0 Å². The highest BCUT2D eigenvalue weighted by atomic mass is 16.3. The Kier molecular flexibility index (Phi) is 3.59. The maximum Gasteiger partial charge on any atom is 0.226 e. The average molecular weight is 311 g/mol. The lowest BCUT2D eigenvalue weighted by Gasteiger charge is -2.30. The van der Waals surface area contributed by atoms with Crippen molar-refractivity contribution >= 4 is 5.95 Å². The second kappa shape index (κ2) is 5.89. The Labute approximate surface area is 133 Å². The number of aliphatic hydroxyl groups is 1. The minimum Gasteiger partial charge on any atom is -0.464 e. The zero-order valence-electron chi connectivity index (χ0n) is 12.6. The summed E-state index contributed by atoms with van der Waals surface area (Å²) in [5.41, 5.74) is 1.47. The van der Waals surface area contributed by atoms with Gasteiger partial charge in [0.15, 0.2) is 5.76 Å². The van der Waals surface area contributed by atoms with E-state index in [1.54, 1.807) is 18.7 Å². The van der Waals surface area contributed by atoms with Gasteiger partial charge in [0.2, 0.25) is 5.95 Å². The van der Waals surface area contributed by atoms with Gasteiger partial charge in [-0.2, -0.15) is 0 Å². The number of β-amino-alcohol motifs (C(OH)–C–C–N with tert-alkyl or cyclic N) is 1. The molecule has 3 aromatic heterocycles. The Morgan fingerprint density at radius 2 is 1.91 bits per heavy atom. The second-order valence-electron chi connectivity index (χ2n) is 5.63. The number of furan rings is 2. The number of nitrogens with zero attached hydrogens (tertiary/aromatic N) is 3. The first-order chi connectivity index (χ1) is 11.3. The van der Waals surface area contributed by atoms with Gasteiger partial charge in [0, 0.05) is 19.3 Å². The van der Waals surface area contributed by atoms with E-state index in [1.165, 1.54) is 0 Å². The molecule has 0 amide bonds. The molecule has 0 unspecified atom stereocenters. The summed E-state index contributed by atoms with van der Waals surface area (Å²) in [5.74, 6) is 1.96. The van der Waals surface area contributed by atoms with E-state index in [9.17, 15) is 5.11 Å². The monoisotopic (exact) mass is 311 g/mol. The van der Waals surface area contributed by atoms with Crippen molar-refractivity contribution in [2.45, 2.75) is 18.9 Å². The summed E-state index contributed by atoms with van der Waals surface area (Å²) < 4.78 is 11.0. The number of piperidine rings is 1. The molecule has 0 saturated carbocycles. The first-order valence-corrected chi connectivity index (χ1v) is 7.69. The molecular weight excluding hydrogens is 294 g/mol. The molecule has 0 bridgehead atoms. The van der Waals surface area contributed by atoms with E-state index in [1.807, 2.05) is 29.2 Å². The molecular formula is C17H17N3O3. The van der Waals surface area contributed by atoms with Crippen LogP contribution in [-0.2, 0) is 0 Å². The third kappa shape index (κ3) is 2.73. The van der Waals surface area contributed by atoms with Gasteiger partial charge < -0.3 is 18.8 Å². The largest absolute Gasteiger partial charge is 0.464 e.